The van der Waals surface area contributed by atoms with Gasteiger partial charge in [-0.3, -0.25) is 0 Å². The highest BCUT2D eigenvalue weighted by Crippen LogP contribution is 2.36. The molecule has 0 unspecified atom stereocenters. The molecule has 0 N–H and O–H groups in total. The number of pyridine rings is 1. The van der Waals surface area contributed by atoms with Crippen LogP contribution >= 0.6 is 22.6 Å². The Labute approximate surface area is 166 Å². The minimum atomic E-state index is 1.25. The summed E-state index contributed by atoms with van der Waals surface area (Å²) in [5.41, 5.74) is 7.55. The summed E-state index contributed by atoms with van der Waals surface area (Å²) in [6.45, 7) is 0. The molecule has 0 aliphatic carbocycles. The lowest BCUT2D eigenvalue weighted by Gasteiger charge is -2.13. The second-order valence-electron chi connectivity index (χ2n) is 6.41. The fourth-order valence-electron chi connectivity index (χ4n) is 3.65. The lowest BCUT2D eigenvalue weighted by Crippen LogP contribution is -1.94. The van der Waals surface area contributed by atoms with Crippen LogP contribution in [0.4, 0.5) is 0 Å². The molecule has 0 saturated heterocycles. The first kappa shape index (κ1) is 15.6. The SMILES string of the molecule is Ic1c(-c2ccc(-c3ccccc3)cc2)c2cccn2c2ccccc12. The van der Waals surface area contributed by atoms with Crippen LogP contribution in [0.25, 0.3) is 38.7 Å². The van der Waals surface area contributed by atoms with E-state index in [-0.39, 0.29) is 0 Å². The van der Waals surface area contributed by atoms with Gasteiger partial charge >= 0.3 is 0 Å². The van der Waals surface area contributed by atoms with Gasteiger partial charge < -0.3 is 4.40 Å². The van der Waals surface area contributed by atoms with Crippen LogP contribution in [0.5, 0.6) is 0 Å². The normalized spacial score (nSPS) is 11.3. The number of aromatic nitrogens is 1. The Hall–Kier alpha value is -2.59. The molecule has 5 rings (SSSR count). The fourth-order valence-corrected chi connectivity index (χ4v) is 4.69. The quantitative estimate of drug-likeness (QED) is 0.257. The number of benzene rings is 3. The van der Waals surface area contributed by atoms with Gasteiger partial charge in [-0.05, 0) is 57.5 Å². The van der Waals surface area contributed by atoms with Crippen LogP contribution in [0.1, 0.15) is 0 Å². The monoisotopic (exact) mass is 445 g/mol. The molecule has 3 aromatic carbocycles. The largest absolute Gasteiger partial charge is 0.316 e. The summed E-state index contributed by atoms with van der Waals surface area (Å²) in [6.07, 6.45) is 2.15. The smallest absolute Gasteiger partial charge is 0.0545 e. The molecule has 0 amide bonds. The van der Waals surface area contributed by atoms with Gasteiger partial charge in [0.1, 0.15) is 0 Å². The van der Waals surface area contributed by atoms with E-state index in [1.54, 1.807) is 0 Å². The van der Waals surface area contributed by atoms with Gasteiger partial charge in [-0.1, -0.05) is 72.8 Å². The first-order chi connectivity index (χ1) is 12.8. The van der Waals surface area contributed by atoms with Crippen molar-refractivity contribution >= 4 is 39.0 Å². The molecule has 0 fully saturated rings. The summed E-state index contributed by atoms with van der Waals surface area (Å²) in [5, 5.41) is 1.29. The van der Waals surface area contributed by atoms with Crippen LogP contribution in [0.15, 0.2) is 97.2 Å². The lowest BCUT2D eigenvalue weighted by atomic mass is 9.99. The Kier molecular flexibility index (Phi) is 3.79. The van der Waals surface area contributed by atoms with Gasteiger partial charge in [-0.15, -0.1) is 0 Å². The summed E-state index contributed by atoms with van der Waals surface area (Å²) in [7, 11) is 0. The molecule has 2 aromatic heterocycles. The van der Waals surface area contributed by atoms with E-state index in [0.29, 0.717) is 0 Å². The maximum absolute atomic E-state index is 2.49. The van der Waals surface area contributed by atoms with Gasteiger partial charge in [-0.25, -0.2) is 0 Å². The van der Waals surface area contributed by atoms with Crippen molar-refractivity contribution in [3.8, 4) is 22.3 Å². The molecule has 26 heavy (non-hydrogen) atoms. The van der Waals surface area contributed by atoms with Crippen LogP contribution < -0.4 is 0 Å². The van der Waals surface area contributed by atoms with Crippen molar-refractivity contribution in [1.29, 1.82) is 0 Å². The van der Waals surface area contributed by atoms with Crippen molar-refractivity contribution < 1.29 is 0 Å². The number of hydrogen-bond acceptors (Lipinski definition) is 0. The van der Waals surface area contributed by atoms with E-state index < -0.39 is 0 Å². The van der Waals surface area contributed by atoms with Crippen molar-refractivity contribution in [1.82, 2.24) is 4.40 Å². The summed E-state index contributed by atoms with van der Waals surface area (Å²) >= 11 is 2.49. The molecule has 2 heteroatoms. The molecule has 2 heterocycles. The molecule has 0 aliphatic rings. The van der Waals surface area contributed by atoms with Gasteiger partial charge in [0.05, 0.1) is 11.0 Å². The molecular weight excluding hydrogens is 429 g/mol. The van der Waals surface area contributed by atoms with Crippen molar-refractivity contribution in [2.45, 2.75) is 0 Å². The highest BCUT2D eigenvalue weighted by Gasteiger charge is 2.14. The third-order valence-electron chi connectivity index (χ3n) is 4.91. The predicted molar refractivity (Wildman–Crippen MR) is 118 cm³/mol. The van der Waals surface area contributed by atoms with E-state index in [4.69, 9.17) is 0 Å². The van der Waals surface area contributed by atoms with E-state index in [1.165, 1.54) is 42.2 Å². The Balaban J connectivity index is 1.73. The summed E-state index contributed by atoms with van der Waals surface area (Å²) in [5.74, 6) is 0. The topological polar surface area (TPSA) is 4.41 Å². The van der Waals surface area contributed by atoms with Crippen LogP contribution in [-0.2, 0) is 0 Å². The van der Waals surface area contributed by atoms with E-state index in [2.05, 4.69) is 124 Å². The second-order valence-corrected chi connectivity index (χ2v) is 7.49. The van der Waals surface area contributed by atoms with E-state index in [1.807, 2.05) is 0 Å². The molecule has 0 radical (unpaired) electrons. The van der Waals surface area contributed by atoms with Crippen LogP contribution in [0.3, 0.4) is 0 Å². The molecular formula is C24H16IN. The zero-order valence-electron chi connectivity index (χ0n) is 14.1. The average Bonchev–Trinajstić information content (AvgIpc) is 3.19. The van der Waals surface area contributed by atoms with Gasteiger partial charge in [0.25, 0.3) is 0 Å². The molecule has 0 bridgehead atoms. The third kappa shape index (κ3) is 2.44. The lowest BCUT2D eigenvalue weighted by molar-refractivity contribution is 1.27. The number of rotatable bonds is 2. The number of fused-ring (bicyclic) bond motifs is 3. The van der Waals surface area contributed by atoms with Crippen molar-refractivity contribution in [3.05, 3.63) is 101 Å². The number of nitrogens with zero attached hydrogens (tertiary/aromatic N) is 1. The number of hydrogen-bond donors (Lipinski definition) is 0. The average molecular weight is 445 g/mol. The molecule has 0 saturated carbocycles. The van der Waals surface area contributed by atoms with Gasteiger partial charge in [0.15, 0.2) is 0 Å². The molecule has 124 valence electrons. The summed E-state index contributed by atoms with van der Waals surface area (Å²) in [6, 6.07) is 32.4. The number of halogens is 1. The predicted octanol–water partition coefficient (Wildman–Crippen LogP) is 7.03. The Morgan fingerprint density at radius 3 is 1.96 bits per heavy atom. The molecule has 0 atom stereocenters. The molecule has 5 aromatic rings. The Bertz CT molecular complexity index is 1220. The minimum Gasteiger partial charge on any atom is -0.316 e. The third-order valence-corrected chi connectivity index (χ3v) is 6.03. The van der Waals surface area contributed by atoms with E-state index in [9.17, 15) is 0 Å². The highest BCUT2D eigenvalue weighted by molar-refractivity contribution is 14.1. The second kappa shape index (κ2) is 6.29. The van der Waals surface area contributed by atoms with Crippen molar-refractivity contribution in [3.63, 3.8) is 0 Å². The maximum Gasteiger partial charge on any atom is 0.0545 e. The van der Waals surface area contributed by atoms with Crippen LogP contribution in [0.2, 0.25) is 0 Å². The van der Waals surface area contributed by atoms with Crippen molar-refractivity contribution in [2.24, 2.45) is 0 Å². The molecule has 1 nitrogen and oxygen atoms in total. The van der Waals surface area contributed by atoms with Crippen LogP contribution in [0, 0.1) is 3.57 Å². The van der Waals surface area contributed by atoms with Gasteiger partial charge in [-0.2, -0.15) is 0 Å². The maximum atomic E-state index is 2.49. The van der Waals surface area contributed by atoms with Crippen LogP contribution in [-0.4, -0.2) is 4.40 Å². The highest BCUT2D eigenvalue weighted by atomic mass is 127. The fraction of sp³-hybridized carbons (Fsp3) is 0. The Morgan fingerprint density at radius 2 is 1.15 bits per heavy atom. The summed E-state index contributed by atoms with van der Waals surface area (Å²) in [4.78, 5) is 0. The first-order valence-electron chi connectivity index (χ1n) is 8.66. The zero-order chi connectivity index (χ0) is 17.5. The first-order valence-corrected chi connectivity index (χ1v) is 9.74. The minimum absolute atomic E-state index is 1.25. The Morgan fingerprint density at radius 1 is 0.538 bits per heavy atom. The molecule has 0 aliphatic heterocycles. The molecule has 0 spiro atoms. The zero-order valence-corrected chi connectivity index (χ0v) is 16.2. The standard InChI is InChI=1S/C24H16IN/c25-24-20-9-4-5-10-21(20)26-16-6-11-22(26)23(24)19-14-12-18(13-15-19)17-7-2-1-3-8-17/h1-16H. The number of para-hydroxylation sites is 1. The van der Waals surface area contributed by atoms with Crippen molar-refractivity contribution in [2.75, 3.05) is 0 Å². The van der Waals surface area contributed by atoms with Gasteiger partial charge in [0.2, 0.25) is 0 Å². The van der Waals surface area contributed by atoms with E-state index >= 15 is 0 Å². The summed E-state index contributed by atoms with van der Waals surface area (Å²) < 4.78 is 3.59. The van der Waals surface area contributed by atoms with E-state index in [0.717, 1.165) is 0 Å². The van der Waals surface area contributed by atoms with Gasteiger partial charge in [0, 0.05) is 20.7 Å².